The molecule has 1 aromatic heterocycles. The van der Waals surface area contributed by atoms with Crippen LogP contribution in [0.4, 0.5) is 0 Å². The fourth-order valence-electron chi connectivity index (χ4n) is 1.03. The van der Waals surface area contributed by atoms with E-state index in [1.165, 1.54) is 0 Å². The largest absolute Gasteiger partial charge is 0.363 e. The van der Waals surface area contributed by atoms with Crippen molar-refractivity contribution >= 4 is 23.6 Å². The molecule has 0 aliphatic rings. The van der Waals surface area contributed by atoms with Gasteiger partial charge in [0.05, 0.1) is 0 Å². The van der Waals surface area contributed by atoms with Gasteiger partial charge in [-0.25, -0.2) is 14.2 Å². The molecule has 1 atom stereocenters. The zero-order valence-electron chi connectivity index (χ0n) is 7.91. The molecule has 0 amide bonds. The van der Waals surface area contributed by atoms with E-state index in [2.05, 4.69) is 0 Å². The molecule has 80 valence electrons. The summed E-state index contributed by atoms with van der Waals surface area (Å²) in [6, 6.07) is 0. The van der Waals surface area contributed by atoms with E-state index in [4.69, 9.17) is 23.6 Å². The predicted molar refractivity (Wildman–Crippen MR) is 54.9 cm³/mol. The highest BCUT2D eigenvalue weighted by molar-refractivity contribution is 6.20. The lowest BCUT2D eigenvalue weighted by atomic mass is 10.1. The molecule has 1 unspecified atom stereocenters. The normalized spacial score (nSPS) is 13.1. The maximum absolute atomic E-state index is 11.4. The lowest BCUT2D eigenvalue weighted by Gasteiger charge is -2.05. The van der Waals surface area contributed by atoms with Crippen LogP contribution >= 0.6 is 23.6 Å². The van der Waals surface area contributed by atoms with Crippen LogP contribution in [-0.4, -0.2) is 13.0 Å². The van der Waals surface area contributed by atoms with Crippen molar-refractivity contribution in [3.8, 4) is 0 Å². The molecule has 1 aromatic rings. The summed E-state index contributed by atoms with van der Waals surface area (Å²) in [5.41, 5.74) is -1.21. The zero-order chi connectivity index (χ0) is 10.9. The van der Waals surface area contributed by atoms with Gasteiger partial charge in [0, 0.05) is 30.1 Å². The first-order valence-electron chi connectivity index (χ1n) is 4.26. The Labute approximate surface area is 90.7 Å². The van der Waals surface area contributed by atoms with Gasteiger partial charge in [0.1, 0.15) is 0 Å². The van der Waals surface area contributed by atoms with Crippen molar-refractivity contribution in [2.75, 3.05) is 0 Å². The van der Waals surface area contributed by atoms with Gasteiger partial charge in [-0.1, -0.05) is 20.3 Å². The summed E-state index contributed by atoms with van der Waals surface area (Å²) >= 11 is 10.9. The Morgan fingerprint density at radius 1 is 1.21 bits per heavy atom. The van der Waals surface area contributed by atoms with Gasteiger partial charge < -0.3 is 0 Å². The summed E-state index contributed by atoms with van der Waals surface area (Å²) in [4.78, 5) is 22.7. The second-order valence-electron chi connectivity index (χ2n) is 3.21. The van der Waals surface area contributed by atoms with E-state index in [9.17, 15) is 9.59 Å². The summed E-state index contributed by atoms with van der Waals surface area (Å²) in [6.07, 6.45) is 0.877. The minimum Gasteiger partial charge on any atom is -0.244 e. The molecule has 0 fully saturated rings. The van der Waals surface area contributed by atoms with E-state index in [0.717, 1.165) is 11.0 Å². The molecule has 7 heteroatoms. The molecular formula is C7H11Cl2N3O2. The maximum Gasteiger partial charge on any atom is 0.363 e. The van der Waals surface area contributed by atoms with Gasteiger partial charge in [-0.3, -0.25) is 0 Å². The van der Waals surface area contributed by atoms with Crippen LogP contribution in [0.25, 0.3) is 0 Å². The molecule has 0 spiro atoms. The highest BCUT2D eigenvalue weighted by Crippen LogP contribution is 2.01. The minimum absolute atomic E-state index is 0.233. The van der Waals surface area contributed by atoms with Crippen molar-refractivity contribution in [2.45, 2.75) is 26.8 Å². The second-order valence-corrected chi connectivity index (χ2v) is 3.85. The van der Waals surface area contributed by atoms with Crippen LogP contribution in [0.1, 0.15) is 20.3 Å². The molecule has 14 heavy (non-hydrogen) atoms. The fraction of sp³-hybridized carbons (Fsp3) is 0.714. The second kappa shape index (κ2) is 4.23. The smallest absolute Gasteiger partial charge is 0.244 e. The van der Waals surface area contributed by atoms with E-state index < -0.39 is 11.4 Å². The first kappa shape index (κ1) is 11.4. The molecule has 0 N–H and O–H groups in total. The van der Waals surface area contributed by atoms with Crippen molar-refractivity contribution in [3.05, 3.63) is 21.0 Å². The van der Waals surface area contributed by atoms with Gasteiger partial charge in [-0.2, -0.15) is 0 Å². The Balaban J connectivity index is 3.16. The van der Waals surface area contributed by atoms with E-state index in [1.54, 1.807) is 0 Å². The molecule has 0 aliphatic heterocycles. The van der Waals surface area contributed by atoms with Crippen LogP contribution in [0.3, 0.4) is 0 Å². The molecule has 0 saturated heterocycles. The molecule has 0 saturated carbocycles. The van der Waals surface area contributed by atoms with Gasteiger partial charge in [0.25, 0.3) is 0 Å². The van der Waals surface area contributed by atoms with Gasteiger partial charge in [0.15, 0.2) is 0 Å². The van der Waals surface area contributed by atoms with E-state index in [-0.39, 0.29) is 5.92 Å². The van der Waals surface area contributed by atoms with Gasteiger partial charge >= 0.3 is 11.4 Å². The topological polar surface area (TPSA) is 48.9 Å². The molecule has 1 heterocycles. The third-order valence-corrected chi connectivity index (χ3v) is 2.79. The maximum atomic E-state index is 11.4. The van der Waals surface area contributed by atoms with Crippen LogP contribution in [0.5, 0.6) is 0 Å². The van der Waals surface area contributed by atoms with Crippen LogP contribution in [0.15, 0.2) is 9.59 Å². The number of halogens is 2. The Hall–Kier alpha value is -0.680. The van der Waals surface area contributed by atoms with Crippen molar-refractivity contribution in [2.24, 2.45) is 5.92 Å². The molecule has 5 nitrogen and oxygen atoms in total. The molecular weight excluding hydrogens is 229 g/mol. The van der Waals surface area contributed by atoms with Gasteiger partial charge in [0.2, 0.25) is 0 Å². The number of rotatable bonds is 3. The predicted octanol–water partition coefficient (Wildman–Crippen LogP) is 0.861. The Morgan fingerprint density at radius 3 is 2.00 bits per heavy atom. The van der Waals surface area contributed by atoms with Gasteiger partial charge in [-0.15, -0.1) is 8.40 Å². The fourth-order valence-corrected chi connectivity index (χ4v) is 1.34. The van der Waals surface area contributed by atoms with Crippen molar-refractivity contribution in [3.63, 3.8) is 0 Å². The molecule has 0 radical (unpaired) electrons. The van der Waals surface area contributed by atoms with Crippen molar-refractivity contribution in [1.82, 2.24) is 13.0 Å². The SMILES string of the molecule is CCC(C)Cn1c(=O)n(Cl)n(Cl)c1=O. The summed E-state index contributed by atoms with van der Waals surface area (Å²) in [5.74, 6) is 0.233. The number of hydrogen-bond donors (Lipinski definition) is 0. The summed E-state index contributed by atoms with van der Waals surface area (Å²) in [5, 5.41) is 0. The Morgan fingerprint density at radius 2 is 1.64 bits per heavy atom. The lowest BCUT2D eigenvalue weighted by molar-refractivity contribution is 0.452. The first-order chi connectivity index (χ1) is 6.49. The van der Waals surface area contributed by atoms with Crippen LogP contribution < -0.4 is 11.4 Å². The third-order valence-electron chi connectivity index (χ3n) is 2.12. The van der Waals surface area contributed by atoms with E-state index in [0.29, 0.717) is 14.9 Å². The zero-order valence-corrected chi connectivity index (χ0v) is 9.42. The number of hydrogen-bond acceptors (Lipinski definition) is 2. The highest BCUT2D eigenvalue weighted by Gasteiger charge is 2.14. The average molecular weight is 240 g/mol. The monoisotopic (exact) mass is 239 g/mol. The molecule has 0 bridgehead atoms. The van der Waals surface area contributed by atoms with Gasteiger partial charge in [-0.05, 0) is 5.92 Å². The minimum atomic E-state index is -0.605. The Kier molecular flexibility index (Phi) is 3.44. The standard InChI is InChI=1S/C7H11Cl2N3O2/c1-3-5(2)4-10-6(13)11(8)12(9)7(10)14/h5H,3-4H2,1-2H3. The van der Waals surface area contributed by atoms with Crippen molar-refractivity contribution in [1.29, 1.82) is 0 Å². The molecule has 1 rings (SSSR count). The summed E-state index contributed by atoms with van der Waals surface area (Å²) < 4.78 is 2.15. The Bertz CT molecular complexity index is 398. The highest BCUT2D eigenvalue weighted by atomic mass is 35.5. The van der Waals surface area contributed by atoms with E-state index >= 15 is 0 Å². The first-order valence-corrected chi connectivity index (χ1v) is 4.93. The molecule has 0 aliphatic carbocycles. The van der Waals surface area contributed by atoms with E-state index in [1.807, 2.05) is 13.8 Å². The summed E-state index contributed by atoms with van der Waals surface area (Å²) in [6.45, 7) is 4.25. The van der Waals surface area contributed by atoms with Crippen LogP contribution in [-0.2, 0) is 6.54 Å². The summed E-state index contributed by atoms with van der Waals surface area (Å²) in [7, 11) is 0. The average Bonchev–Trinajstić information content (AvgIpc) is 2.35. The number of aromatic nitrogens is 3. The van der Waals surface area contributed by atoms with Crippen molar-refractivity contribution < 1.29 is 0 Å². The lowest BCUT2D eigenvalue weighted by Crippen LogP contribution is -2.30. The van der Waals surface area contributed by atoms with Crippen LogP contribution in [0, 0.1) is 5.92 Å². The number of nitrogens with zero attached hydrogens (tertiary/aromatic N) is 3. The van der Waals surface area contributed by atoms with Crippen LogP contribution in [0.2, 0.25) is 0 Å². The quantitative estimate of drug-likeness (QED) is 0.786. The molecule has 0 aromatic carbocycles. The third kappa shape index (κ3) is 1.88.